The summed E-state index contributed by atoms with van der Waals surface area (Å²) in [7, 11) is 1.38. The second-order valence-corrected chi connectivity index (χ2v) is 5.61. The van der Waals surface area contributed by atoms with Crippen LogP contribution in [0.2, 0.25) is 0 Å². The minimum atomic E-state index is -0.449. The van der Waals surface area contributed by atoms with E-state index in [1.54, 1.807) is 11.0 Å². The van der Waals surface area contributed by atoms with Gasteiger partial charge in [0.05, 0.1) is 18.9 Å². The predicted molar refractivity (Wildman–Crippen MR) is 71.0 cm³/mol. The number of likely N-dealkylation sites (tertiary alicyclic amines) is 1. The van der Waals surface area contributed by atoms with Gasteiger partial charge >= 0.3 is 5.97 Å². The van der Waals surface area contributed by atoms with Gasteiger partial charge in [-0.3, -0.25) is 4.79 Å². The average Bonchev–Trinajstić information content (AvgIpc) is 3.12. The molecule has 2 aliphatic rings. The highest BCUT2D eigenvalue weighted by atomic mass is 16.5. The quantitative estimate of drug-likeness (QED) is 0.778. The number of amides is 1. The molecule has 2 heterocycles. The summed E-state index contributed by atoms with van der Waals surface area (Å²) < 4.78 is 9.87. The zero-order chi connectivity index (χ0) is 14.1. The Labute approximate surface area is 117 Å². The highest BCUT2D eigenvalue weighted by Gasteiger charge is 2.48. The third-order valence-corrected chi connectivity index (χ3v) is 4.56. The number of ether oxygens (including phenoxy) is 1. The van der Waals surface area contributed by atoms with Gasteiger partial charge < -0.3 is 14.1 Å². The molecular weight excluding hydrogens is 258 g/mol. The van der Waals surface area contributed by atoms with Gasteiger partial charge in [-0.1, -0.05) is 12.8 Å². The van der Waals surface area contributed by atoms with Crippen molar-refractivity contribution in [3.63, 3.8) is 0 Å². The molecule has 3 unspecified atom stereocenters. The van der Waals surface area contributed by atoms with Crippen molar-refractivity contribution >= 4 is 11.9 Å². The van der Waals surface area contributed by atoms with Crippen molar-refractivity contribution in [3.05, 3.63) is 24.2 Å². The molecule has 1 aromatic heterocycles. The maximum Gasteiger partial charge on any atom is 0.328 e. The van der Waals surface area contributed by atoms with Crippen molar-refractivity contribution in [2.24, 2.45) is 5.92 Å². The highest BCUT2D eigenvalue weighted by molar-refractivity contribution is 5.97. The number of methoxy groups -OCH3 is 1. The SMILES string of the molecule is COC(=O)C1CC2CCCCC2N1C(=O)c1ccoc1. The van der Waals surface area contributed by atoms with Crippen LogP contribution in [0.5, 0.6) is 0 Å². The molecule has 0 spiro atoms. The summed E-state index contributed by atoms with van der Waals surface area (Å²) in [5.74, 6) is -0.0107. The lowest BCUT2D eigenvalue weighted by molar-refractivity contribution is -0.145. The molecule has 1 saturated heterocycles. The molecular formula is C15H19NO4. The number of esters is 1. The number of hydrogen-bond donors (Lipinski definition) is 0. The van der Waals surface area contributed by atoms with Crippen molar-refractivity contribution in [2.75, 3.05) is 7.11 Å². The molecule has 1 amide bonds. The van der Waals surface area contributed by atoms with Crippen LogP contribution in [0.15, 0.2) is 23.0 Å². The monoisotopic (exact) mass is 277 g/mol. The standard InChI is InChI=1S/C15H19NO4/c1-19-15(18)13-8-10-4-2-3-5-12(10)16(13)14(17)11-6-7-20-9-11/h6-7,9-10,12-13H,2-5,8H2,1H3. The molecule has 3 atom stereocenters. The van der Waals surface area contributed by atoms with Crippen LogP contribution >= 0.6 is 0 Å². The van der Waals surface area contributed by atoms with E-state index in [0.29, 0.717) is 11.5 Å². The molecule has 0 aromatic carbocycles. The molecule has 0 bridgehead atoms. The first-order valence-corrected chi connectivity index (χ1v) is 7.15. The van der Waals surface area contributed by atoms with Crippen molar-refractivity contribution in [3.8, 4) is 0 Å². The third-order valence-electron chi connectivity index (χ3n) is 4.56. The first kappa shape index (κ1) is 13.2. The predicted octanol–water partition coefficient (Wildman–Crippen LogP) is 2.23. The third kappa shape index (κ3) is 2.11. The minimum absolute atomic E-state index is 0.122. The number of furan rings is 1. The molecule has 5 nitrogen and oxygen atoms in total. The lowest BCUT2D eigenvalue weighted by Gasteiger charge is -2.33. The van der Waals surface area contributed by atoms with E-state index in [2.05, 4.69) is 0 Å². The van der Waals surface area contributed by atoms with E-state index in [0.717, 1.165) is 25.7 Å². The zero-order valence-corrected chi connectivity index (χ0v) is 11.6. The first-order chi connectivity index (χ1) is 9.72. The Bertz CT molecular complexity index is 496. The summed E-state index contributed by atoms with van der Waals surface area (Å²) in [6.45, 7) is 0. The number of carbonyl (C=O) groups excluding carboxylic acids is 2. The molecule has 3 rings (SSSR count). The van der Waals surface area contributed by atoms with Gasteiger partial charge in [-0.25, -0.2) is 4.79 Å². The molecule has 0 radical (unpaired) electrons. The van der Waals surface area contributed by atoms with Gasteiger partial charge in [0.2, 0.25) is 0 Å². The van der Waals surface area contributed by atoms with Crippen molar-refractivity contribution in [2.45, 2.75) is 44.2 Å². The molecule has 5 heteroatoms. The van der Waals surface area contributed by atoms with Gasteiger partial charge in [-0.15, -0.1) is 0 Å². The van der Waals surface area contributed by atoms with Gasteiger partial charge in [0.1, 0.15) is 12.3 Å². The fourth-order valence-electron chi connectivity index (χ4n) is 3.63. The average molecular weight is 277 g/mol. The van der Waals surface area contributed by atoms with Crippen LogP contribution in [0.3, 0.4) is 0 Å². The zero-order valence-electron chi connectivity index (χ0n) is 11.6. The number of fused-ring (bicyclic) bond motifs is 1. The fourth-order valence-corrected chi connectivity index (χ4v) is 3.63. The molecule has 20 heavy (non-hydrogen) atoms. The van der Waals surface area contributed by atoms with Crippen LogP contribution in [-0.2, 0) is 9.53 Å². The van der Waals surface area contributed by atoms with E-state index >= 15 is 0 Å². The summed E-state index contributed by atoms with van der Waals surface area (Å²) in [6.07, 6.45) is 8.00. The number of hydrogen-bond acceptors (Lipinski definition) is 4. The Balaban J connectivity index is 1.90. The molecule has 1 aliphatic carbocycles. The Hall–Kier alpha value is -1.78. The first-order valence-electron chi connectivity index (χ1n) is 7.15. The van der Waals surface area contributed by atoms with Crippen molar-refractivity contribution in [1.82, 2.24) is 4.90 Å². The van der Waals surface area contributed by atoms with E-state index in [1.807, 2.05) is 0 Å². The van der Waals surface area contributed by atoms with E-state index in [1.165, 1.54) is 26.1 Å². The normalized spacial score (nSPS) is 29.1. The van der Waals surface area contributed by atoms with Gasteiger partial charge in [-0.2, -0.15) is 0 Å². The lowest BCUT2D eigenvalue weighted by Crippen LogP contribution is -2.46. The number of carbonyl (C=O) groups is 2. The summed E-state index contributed by atoms with van der Waals surface area (Å²) in [4.78, 5) is 26.4. The Morgan fingerprint density at radius 3 is 2.85 bits per heavy atom. The van der Waals surface area contributed by atoms with Crippen LogP contribution < -0.4 is 0 Å². The fraction of sp³-hybridized carbons (Fsp3) is 0.600. The van der Waals surface area contributed by atoms with Gasteiger partial charge in [0.25, 0.3) is 5.91 Å². The van der Waals surface area contributed by atoms with Gasteiger partial charge in [0, 0.05) is 6.04 Å². The van der Waals surface area contributed by atoms with Crippen molar-refractivity contribution in [1.29, 1.82) is 0 Å². The van der Waals surface area contributed by atoms with Crippen LogP contribution in [0.25, 0.3) is 0 Å². The Morgan fingerprint density at radius 1 is 1.35 bits per heavy atom. The van der Waals surface area contributed by atoms with Crippen LogP contribution in [-0.4, -0.2) is 36.0 Å². The maximum atomic E-state index is 12.7. The summed E-state index contributed by atoms with van der Waals surface area (Å²) in [5.41, 5.74) is 0.505. The van der Waals surface area contributed by atoms with Gasteiger partial charge in [-0.05, 0) is 31.2 Å². The van der Waals surface area contributed by atoms with Gasteiger partial charge in [0.15, 0.2) is 0 Å². The highest BCUT2D eigenvalue weighted by Crippen LogP contribution is 2.40. The molecule has 1 saturated carbocycles. The Kier molecular flexibility index (Phi) is 3.51. The number of nitrogens with zero attached hydrogens (tertiary/aromatic N) is 1. The topological polar surface area (TPSA) is 59.8 Å². The van der Waals surface area contributed by atoms with Crippen LogP contribution in [0, 0.1) is 5.92 Å². The lowest BCUT2D eigenvalue weighted by atomic mass is 9.84. The van der Waals surface area contributed by atoms with E-state index < -0.39 is 6.04 Å². The van der Waals surface area contributed by atoms with E-state index in [-0.39, 0.29) is 17.9 Å². The molecule has 108 valence electrons. The molecule has 2 fully saturated rings. The van der Waals surface area contributed by atoms with E-state index in [9.17, 15) is 9.59 Å². The summed E-state index contributed by atoms with van der Waals surface area (Å²) in [6, 6.07) is 1.36. The summed E-state index contributed by atoms with van der Waals surface area (Å²) >= 11 is 0. The maximum absolute atomic E-state index is 12.7. The molecule has 1 aliphatic heterocycles. The van der Waals surface area contributed by atoms with Crippen molar-refractivity contribution < 1.29 is 18.7 Å². The largest absolute Gasteiger partial charge is 0.472 e. The number of rotatable bonds is 2. The molecule has 0 N–H and O–H groups in total. The smallest absolute Gasteiger partial charge is 0.328 e. The minimum Gasteiger partial charge on any atom is -0.472 e. The second-order valence-electron chi connectivity index (χ2n) is 5.61. The molecule has 1 aromatic rings. The van der Waals surface area contributed by atoms with Crippen LogP contribution in [0.1, 0.15) is 42.5 Å². The van der Waals surface area contributed by atoms with E-state index in [4.69, 9.17) is 9.15 Å². The second kappa shape index (κ2) is 5.31. The van der Waals surface area contributed by atoms with Crippen LogP contribution in [0.4, 0.5) is 0 Å². The summed E-state index contributed by atoms with van der Waals surface area (Å²) in [5, 5.41) is 0. The Morgan fingerprint density at radius 2 is 2.15 bits per heavy atom.